The van der Waals surface area contributed by atoms with Gasteiger partial charge in [-0.1, -0.05) is 11.6 Å². The fourth-order valence-corrected chi connectivity index (χ4v) is 3.53. The van der Waals surface area contributed by atoms with Gasteiger partial charge in [0.15, 0.2) is 5.11 Å². The highest BCUT2D eigenvalue weighted by atomic mass is 35.5. The molecular weight excluding hydrogens is 422 g/mol. The number of anilines is 1. The average Bonchev–Trinajstić information content (AvgIpc) is 3.20. The third-order valence-electron chi connectivity index (χ3n) is 4.61. The molecule has 1 saturated heterocycles. The van der Waals surface area contributed by atoms with E-state index < -0.39 is 11.8 Å². The van der Waals surface area contributed by atoms with E-state index in [4.69, 9.17) is 28.6 Å². The molecule has 2 aromatic carbocycles. The number of ether oxygens (including phenoxy) is 1. The lowest BCUT2D eigenvalue weighted by Crippen LogP contribution is -2.54. The highest BCUT2D eigenvalue weighted by Crippen LogP contribution is 2.25. The van der Waals surface area contributed by atoms with Gasteiger partial charge in [0.05, 0.1) is 12.8 Å². The topological polar surface area (TPSA) is 63.6 Å². The quantitative estimate of drug-likeness (QED) is 0.381. The predicted octanol–water partition coefficient (Wildman–Crippen LogP) is 3.97. The van der Waals surface area contributed by atoms with Gasteiger partial charge < -0.3 is 9.30 Å². The molecule has 0 spiro atoms. The van der Waals surface area contributed by atoms with Gasteiger partial charge in [-0.25, -0.2) is 0 Å². The SMILES string of the molecule is COc1ccc(N2C(=O)/C(=C/c3cccn3-c3ccc(Cl)cc3)C(=O)NC2=S)cc1. The molecule has 2 amide bonds. The maximum absolute atomic E-state index is 13.2. The number of methoxy groups -OCH3 is 1. The highest BCUT2D eigenvalue weighted by Gasteiger charge is 2.34. The number of nitrogens with one attached hydrogen (secondary N) is 1. The first-order valence-corrected chi connectivity index (χ1v) is 9.75. The molecule has 0 unspecified atom stereocenters. The molecule has 150 valence electrons. The second kappa shape index (κ2) is 8.14. The first-order chi connectivity index (χ1) is 14.5. The number of benzene rings is 2. The fourth-order valence-electron chi connectivity index (χ4n) is 3.12. The van der Waals surface area contributed by atoms with E-state index in [0.29, 0.717) is 22.2 Å². The van der Waals surface area contributed by atoms with Crippen molar-refractivity contribution in [2.24, 2.45) is 0 Å². The van der Waals surface area contributed by atoms with Crippen molar-refractivity contribution in [1.82, 2.24) is 9.88 Å². The highest BCUT2D eigenvalue weighted by molar-refractivity contribution is 7.80. The van der Waals surface area contributed by atoms with Crippen molar-refractivity contribution >= 4 is 52.5 Å². The number of aromatic nitrogens is 1. The van der Waals surface area contributed by atoms with Crippen molar-refractivity contribution in [1.29, 1.82) is 0 Å². The van der Waals surface area contributed by atoms with Crippen LogP contribution in [0, 0.1) is 0 Å². The summed E-state index contributed by atoms with van der Waals surface area (Å²) in [6, 6.07) is 17.7. The van der Waals surface area contributed by atoms with Crippen LogP contribution in [0.4, 0.5) is 5.69 Å². The number of halogens is 1. The van der Waals surface area contributed by atoms with Crippen LogP contribution in [-0.2, 0) is 9.59 Å². The second-order valence-corrected chi connectivity index (χ2v) is 7.26. The van der Waals surface area contributed by atoms with Crippen molar-refractivity contribution in [2.45, 2.75) is 0 Å². The number of rotatable bonds is 4. The van der Waals surface area contributed by atoms with Crippen LogP contribution in [0.25, 0.3) is 11.8 Å². The van der Waals surface area contributed by atoms with E-state index in [1.807, 2.05) is 35.0 Å². The molecule has 4 rings (SSSR count). The van der Waals surface area contributed by atoms with Crippen molar-refractivity contribution in [3.05, 3.63) is 83.2 Å². The molecule has 6 nitrogen and oxygen atoms in total. The molecule has 30 heavy (non-hydrogen) atoms. The number of carbonyl (C=O) groups excluding carboxylic acids is 2. The Morgan fingerprint density at radius 3 is 2.33 bits per heavy atom. The van der Waals surface area contributed by atoms with Gasteiger partial charge >= 0.3 is 0 Å². The van der Waals surface area contributed by atoms with E-state index in [2.05, 4.69) is 5.32 Å². The minimum absolute atomic E-state index is 0.0201. The molecule has 3 aromatic rings. The van der Waals surface area contributed by atoms with Crippen LogP contribution < -0.4 is 15.0 Å². The van der Waals surface area contributed by atoms with E-state index in [9.17, 15) is 9.59 Å². The van der Waals surface area contributed by atoms with Crippen LogP contribution >= 0.6 is 23.8 Å². The van der Waals surface area contributed by atoms with Crippen molar-refractivity contribution in [3.63, 3.8) is 0 Å². The van der Waals surface area contributed by atoms with Gasteiger partial charge in [-0.2, -0.15) is 0 Å². The molecule has 0 saturated carbocycles. The molecule has 0 bridgehead atoms. The molecule has 0 aliphatic carbocycles. The Kier molecular flexibility index (Phi) is 5.39. The summed E-state index contributed by atoms with van der Waals surface area (Å²) in [5, 5.41) is 3.24. The van der Waals surface area contributed by atoms with Crippen LogP contribution in [0.15, 0.2) is 72.4 Å². The fraction of sp³-hybridized carbons (Fsp3) is 0.0455. The summed E-state index contributed by atoms with van der Waals surface area (Å²) >= 11 is 11.2. The van der Waals surface area contributed by atoms with Gasteiger partial charge in [-0.3, -0.25) is 19.8 Å². The lowest BCUT2D eigenvalue weighted by molar-refractivity contribution is -0.122. The molecule has 1 aliphatic heterocycles. The van der Waals surface area contributed by atoms with Crippen LogP contribution in [0.3, 0.4) is 0 Å². The first kappa shape index (κ1) is 19.9. The molecule has 1 fully saturated rings. The van der Waals surface area contributed by atoms with E-state index in [1.165, 1.54) is 4.90 Å². The van der Waals surface area contributed by atoms with E-state index in [1.54, 1.807) is 49.6 Å². The first-order valence-electron chi connectivity index (χ1n) is 8.97. The maximum Gasteiger partial charge on any atom is 0.270 e. The Hall–Kier alpha value is -3.42. The van der Waals surface area contributed by atoms with Gasteiger partial charge in [0.2, 0.25) is 0 Å². The molecule has 0 radical (unpaired) electrons. The summed E-state index contributed by atoms with van der Waals surface area (Å²) < 4.78 is 7.01. The van der Waals surface area contributed by atoms with E-state index in [0.717, 1.165) is 5.69 Å². The lowest BCUT2D eigenvalue weighted by atomic mass is 10.1. The summed E-state index contributed by atoms with van der Waals surface area (Å²) in [4.78, 5) is 27.0. The maximum atomic E-state index is 13.2. The Balaban J connectivity index is 1.71. The third-order valence-corrected chi connectivity index (χ3v) is 5.15. The third kappa shape index (κ3) is 3.72. The molecule has 0 atom stereocenters. The largest absolute Gasteiger partial charge is 0.497 e. The number of thiocarbonyl (C=S) groups is 1. The van der Waals surface area contributed by atoms with Crippen molar-refractivity contribution in [2.75, 3.05) is 12.0 Å². The van der Waals surface area contributed by atoms with Crippen molar-refractivity contribution < 1.29 is 14.3 Å². The molecule has 1 aliphatic rings. The van der Waals surface area contributed by atoms with Crippen LogP contribution in [0.5, 0.6) is 5.75 Å². The lowest BCUT2D eigenvalue weighted by Gasteiger charge is -2.29. The van der Waals surface area contributed by atoms with Crippen molar-refractivity contribution in [3.8, 4) is 11.4 Å². The molecule has 8 heteroatoms. The van der Waals surface area contributed by atoms with Gasteiger partial charge in [0.1, 0.15) is 11.3 Å². The summed E-state index contributed by atoms with van der Waals surface area (Å²) in [6.45, 7) is 0. The summed E-state index contributed by atoms with van der Waals surface area (Å²) in [5.41, 5.74) is 2.03. The van der Waals surface area contributed by atoms with Crippen LogP contribution in [0.1, 0.15) is 5.69 Å². The summed E-state index contributed by atoms with van der Waals surface area (Å²) in [5.74, 6) is -0.397. The smallest absolute Gasteiger partial charge is 0.270 e. The zero-order chi connectivity index (χ0) is 21.3. The minimum Gasteiger partial charge on any atom is -0.497 e. The van der Waals surface area contributed by atoms with Gasteiger partial charge in [-0.05, 0) is 79.0 Å². The summed E-state index contributed by atoms with van der Waals surface area (Å²) in [6.07, 6.45) is 3.39. The van der Waals surface area contributed by atoms with Crippen LogP contribution in [0.2, 0.25) is 5.02 Å². The Morgan fingerprint density at radius 1 is 1.00 bits per heavy atom. The zero-order valence-corrected chi connectivity index (χ0v) is 17.4. The van der Waals surface area contributed by atoms with Gasteiger partial charge in [-0.15, -0.1) is 0 Å². The van der Waals surface area contributed by atoms with E-state index >= 15 is 0 Å². The van der Waals surface area contributed by atoms with Crippen LogP contribution in [-0.4, -0.2) is 28.6 Å². The van der Waals surface area contributed by atoms with E-state index in [-0.39, 0.29) is 10.7 Å². The number of amides is 2. The number of carbonyl (C=O) groups is 2. The summed E-state index contributed by atoms with van der Waals surface area (Å²) in [7, 11) is 1.56. The average molecular weight is 438 g/mol. The molecule has 1 N–H and O–H groups in total. The monoisotopic (exact) mass is 437 g/mol. The number of hydrogen-bond donors (Lipinski definition) is 1. The Bertz CT molecular complexity index is 1170. The standard InChI is InChI=1S/C22H16ClN3O3S/c1-29-18-10-8-16(9-11-18)26-21(28)19(20(27)24-22(26)30)13-17-3-2-12-25(17)15-6-4-14(23)5-7-15/h2-13H,1H3,(H,24,27,30)/b19-13+. The normalized spacial score (nSPS) is 15.5. The second-order valence-electron chi connectivity index (χ2n) is 6.44. The Morgan fingerprint density at radius 2 is 1.67 bits per heavy atom. The molecular formula is C22H16ClN3O3S. The molecule has 1 aromatic heterocycles. The minimum atomic E-state index is -0.543. The zero-order valence-electron chi connectivity index (χ0n) is 15.8. The van der Waals surface area contributed by atoms with Gasteiger partial charge in [0, 0.05) is 22.6 Å². The van der Waals surface area contributed by atoms with Gasteiger partial charge in [0.25, 0.3) is 11.8 Å². The predicted molar refractivity (Wildman–Crippen MR) is 120 cm³/mol. The number of hydrogen-bond acceptors (Lipinski definition) is 4. The Labute approximate surface area is 183 Å². The molecule has 2 heterocycles. The number of nitrogens with zero attached hydrogens (tertiary/aromatic N) is 2.